The van der Waals surface area contributed by atoms with Crippen molar-refractivity contribution >= 4 is 11.9 Å². The lowest BCUT2D eigenvalue weighted by molar-refractivity contribution is -0.207. The Hall–Kier alpha value is -1.18. The van der Waals surface area contributed by atoms with Crippen LogP contribution in [-0.4, -0.2) is 48.3 Å². The molecule has 5 atom stereocenters. The molecule has 114 valence electrons. The second kappa shape index (κ2) is 5.31. The van der Waals surface area contributed by atoms with Crippen LogP contribution in [0.2, 0.25) is 0 Å². The van der Waals surface area contributed by atoms with Gasteiger partial charge >= 0.3 is 5.97 Å². The summed E-state index contributed by atoms with van der Waals surface area (Å²) in [5.41, 5.74) is 0. The Balaban J connectivity index is 2.21. The first-order valence-corrected chi connectivity index (χ1v) is 6.65. The van der Waals surface area contributed by atoms with Crippen molar-refractivity contribution in [3.8, 4) is 0 Å². The molecule has 0 aromatic rings. The Labute approximate surface area is 117 Å². The van der Waals surface area contributed by atoms with Crippen LogP contribution in [0.4, 0.5) is 0 Å². The van der Waals surface area contributed by atoms with E-state index < -0.39 is 42.4 Å². The zero-order valence-corrected chi connectivity index (χ0v) is 12.3. The zero-order chi connectivity index (χ0) is 15.1. The Bertz CT molecular complexity index is 410. The number of amides is 1. The van der Waals surface area contributed by atoms with Crippen LogP contribution in [0.5, 0.6) is 0 Å². The maximum Gasteiger partial charge on any atom is 0.303 e. The van der Waals surface area contributed by atoms with E-state index in [-0.39, 0.29) is 5.91 Å². The first kappa shape index (κ1) is 15.2. The van der Waals surface area contributed by atoms with Crippen LogP contribution >= 0.6 is 0 Å². The Morgan fingerprint density at radius 3 is 2.30 bits per heavy atom. The van der Waals surface area contributed by atoms with Crippen molar-refractivity contribution in [3.05, 3.63) is 0 Å². The molecule has 1 N–H and O–H groups in total. The second-order valence-electron chi connectivity index (χ2n) is 5.60. The number of hydrogen-bond acceptors (Lipinski definition) is 6. The molecule has 0 aromatic heterocycles. The molecule has 0 saturated carbocycles. The van der Waals surface area contributed by atoms with E-state index in [2.05, 4.69) is 5.32 Å². The van der Waals surface area contributed by atoms with Crippen LogP contribution in [0.3, 0.4) is 0 Å². The van der Waals surface area contributed by atoms with Crippen molar-refractivity contribution in [2.24, 2.45) is 0 Å². The maximum absolute atomic E-state index is 11.3. The van der Waals surface area contributed by atoms with Gasteiger partial charge in [0, 0.05) is 13.8 Å². The van der Waals surface area contributed by atoms with Crippen LogP contribution in [0.15, 0.2) is 0 Å². The highest BCUT2D eigenvalue weighted by Crippen LogP contribution is 2.37. The monoisotopic (exact) mass is 287 g/mol. The molecule has 0 aromatic carbocycles. The van der Waals surface area contributed by atoms with Gasteiger partial charge < -0.3 is 24.3 Å². The Kier molecular flexibility index (Phi) is 4.04. The standard InChI is InChI=1S/C13H21NO6/c1-6-9(18-8(3)16)10-11(20-13(4,5)19-10)12(17-6)14-7(2)15/h6,9-12H,1-5H3,(H,14,15)/t6-,9-,10+,11+,12?/m0/s1. The molecular formula is C13H21NO6. The van der Waals surface area contributed by atoms with Gasteiger partial charge in [-0.3, -0.25) is 9.59 Å². The van der Waals surface area contributed by atoms with Gasteiger partial charge in [-0.2, -0.15) is 0 Å². The molecule has 20 heavy (non-hydrogen) atoms. The van der Waals surface area contributed by atoms with E-state index in [0.717, 1.165) is 0 Å². The van der Waals surface area contributed by atoms with Crippen molar-refractivity contribution in [3.63, 3.8) is 0 Å². The minimum Gasteiger partial charge on any atom is -0.457 e. The lowest BCUT2D eigenvalue weighted by atomic mass is 9.98. The summed E-state index contributed by atoms with van der Waals surface area (Å²) in [5.74, 6) is -1.45. The van der Waals surface area contributed by atoms with Gasteiger partial charge in [0.1, 0.15) is 12.2 Å². The number of rotatable bonds is 2. The van der Waals surface area contributed by atoms with Gasteiger partial charge in [0.05, 0.1) is 6.10 Å². The number of esters is 1. The minimum atomic E-state index is -0.822. The van der Waals surface area contributed by atoms with Crippen molar-refractivity contribution in [2.45, 2.75) is 71.0 Å². The fourth-order valence-electron chi connectivity index (χ4n) is 2.63. The molecule has 2 aliphatic heterocycles. The third-order valence-electron chi connectivity index (χ3n) is 3.26. The van der Waals surface area contributed by atoms with E-state index >= 15 is 0 Å². The van der Waals surface area contributed by atoms with E-state index in [1.807, 2.05) is 0 Å². The summed E-state index contributed by atoms with van der Waals surface area (Å²) in [6, 6.07) is 0. The fraction of sp³-hybridized carbons (Fsp3) is 0.846. The van der Waals surface area contributed by atoms with Crippen LogP contribution in [-0.2, 0) is 28.5 Å². The molecule has 0 radical (unpaired) electrons. The number of nitrogens with one attached hydrogen (secondary N) is 1. The topological polar surface area (TPSA) is 83.1 Å². The molecule has 2 fully saturated rings. The zero-order valence-electron chi connectivity index (χ0n) is 12.3. The molecule has 1 unspecified atom stereocenters. The molecule has 1 amide bonds. The maximum atomic E-state index is 11.3. The largest absolute Gasteiger partial charge is 0.457 e. The molecule has 7 nitrogen and oxygen atoms in total. The van der Waals surface area contributed by atoms with Crippen molar-refractivity contribution in [1.29, 1.82) is 0 Å². The summed E-state index contributed by atoms with van der Waals surface area (Å²) in [7, 11) is 0. The van der Waals surface area contributed by atoms with Gasteiger partial charge in [-0.15, -0.1) is 0 Å². The summed E-state index contributed by atoms with van der Waals surface area (Å²) >= 11 is 0. The van der Waals surface area contributed by atoms with Gasteiger partial charge in [0.2, 0.25) is 5.91 Å². The number of carbonyl (C=O) groups excluding carboxylic acids is 2. The van der Waals surface area contributed by atoms with Crippen molar-refractivity contribution in [2.75, 3.05) is 0 Å². The minimum absolute atomic E-state index is 0.222. The summed E-state index contributed by atoms with van der Waals surface area (Å²) < 4.78 is 22.6. The Morgan fingerprint density at radius 2 is 1.75 bits per heavy atom. The Morgan fingerprint density at radius 1 is 1.15 bits per heavy atom. The number of hydrogen-bond donors (Lipinski definition) is 1. The smallest absolute Gasteiger partial charge is 0.303 e. The van der Waals surface area contributed by atoms with Gasteiger partial charge in [-0.05, 0) is 20.8 Å². The van der Waals surface area contributed by atoms with E-state index in [4.69, 9.17) is 18.9 Å². The van der Waals surface area contributed by atoms with Crippen molar-refractivity contribution in [1.82, 2.24) is 5.32 Å². The molecule has 0 bridgehead atoms. The first-order valence-electron chi connectivity index (χ1n) is 6.65. The van der Waals surface area contributed by atoms with Gasteiger partial charge in [0.25, 0.3) is 0 Å². The van der Waals surface area contributed by atoms with E-state index in [1.165, 1.54) is 13.8 Å². The normalized spacial score (nSPS) is 39.0. The molecule has 0 spiro atoms. The van der Waals surface area contributed by atoms with E-state index in [0.29, 0.717) is 0 Å². The SMILES string of the molecule is CC(=O)NC1O[C@@H](C)[C@H](OC(C)=O)[C@H]2OC(C)(C)O[C@@H]12. The lowest BCUT2D eigenvalue weighted by Crippen LogP contribution is -2.61. The fourth-order valence-corrected chi connectivity index (χ4v) is 2.63. The van der Waals surface area contributed by atoms with Crippen LogP contribution in [0.1, 0.15) is 34.6 Å². The number of carbonyl (C=O) groups is 2. The van der Waals surface area contributed by atoms with Crippen LogP contribution in [0, 0.1) is 0 Å². The highest BCUT2D eigenvalue weighted by atomic mass is 16.8. The molecular weight excluding hydrogens is 266 g/mol. The van der Waals surface area contributed by atoms with Gasteiger partial charge in [0.15, 0.2) is 18.1 Å². The third kappa shape index (κ3) is 3.11. The van der Waals surface area contributed by atoms with Crippen LogP contribution < -0.4 is 5.32 Å². The molecule has 2 rings (SSSR count). The summed E-state index contributed by atoms with van der Waals surface area (Å²) in [4.78, 5) is 22.5. The van der Waals surface area contributed by atoms with Gasteiger partial charge in [-0.25, -0.2) is 0 Å². The average Bonchev–Trinajstić information content (AvgIpc) is 2.59. The first-order chi connectivity index (χ1) is 9.19. The van der Waals surface area contributed by atoms with Crippen LogP contribution in [0.25, 0.3) is 0 Å². The van der Waals surface area contributed by atoms with E-state index in [9.17, 15) is 9.59 Å². The molecule has 2 saturated heterocycles. The summed E-state index contributed by atoms with van der Waals surface area (Å²) in [5, 5.41) is 2.69. The highest BCUT2D eigenvalue weighted by Gasteiger charge is 2.55. The lowest BCUT2D eigenvalue weighted by Gasteiger charge is -2.40. The second-order valence-corrected chi connectivity index (χ2v) is 5.60. The highest BCUT2D eigenvalue weighted by molar-refractivity contribution is 5.73. The van der Waals surface area contributed by atoms with E-state index in [1.54, 1.807) is 20.8 Å². The predicted octanol–water partition coefficient (Wildman–Crippen LogP) is 0.319. The molecule has 0 aliphatic carbocycles. The molecule has 2 heterocycles. The summed E-state index contributed by atoms with van der Waals surface area (Å²) in [6.45, 7) is 8.05. The molecule has 7 heteroatoms. The average molecular weight is 287 g/mol. The predicted molar refractivity (Wildman–Crippen MR) is 67.5 cm³/mol. The van der Waals surface area contributed by atoms with Gasteiger partial charge in [-0.1, -0.05) is 0 Å². The quantitative estimate of drug-likeness (QED) is 0.736. The summed E-state index contributed by atoms with van der Waals surface area (Å²) in [6.07, 6.45) is -2.59. The molecule has 2 aliphatic rings. The third-order valence-corrected chi connectivity index (χ3v) is 3.26. The number of ether oxygens (including phenoxy) is 4. The number of fused-ring (bicyclic) bond motifs is 1. The van der Waals surface area contributed by atoms with Crippen molar-refractivity contribution < 1.29 is 28.5 Å².